The van der Waals surface area contributed by atoms with Crippen molar-refractivity contribution >= 4 is 17.7 Å². The van der Waals surface area contributed by atoms with Gasteiger partial charge < -0.3 is 31.3 Å². The third kappa shape index (κ3) is 3.58. The van der Waals surface area contributed by atoms with Crippen LogP contribution in [0, 0.1) is 34.0 Å². The van der Waals surface area contributed by atoms with E-state index >= 15 is 0 Å². The maximum absolute atomic E-state index is 14.1. The number of rotatable bonds is 5. The van der Waals surface area contributed by atoms with Crippen molar-refractivity contribution in [3.63, 3.8) is 0 Å². The number of Topliss-reactive ketones (excluding diaryl/α,β-unsaturated/α-hetero) is 1. The molecule has 3 bridgehead atoms. The highest BCUT2D eigenvalue weighted by Gasteiger charge is 2.76. The van der Waals surface area contributed by atoms with Crippen LogP contribution in [0.2, 0.25) is 0 Å². The maximum atomic E-state index is 14.1. The number of nitrogens with two attached hydrogens (primary N) is 1. The van der Waals surface area contributed by atoms with Gasteiger partial charge in [-0.1, -0.05) is 18.9 Å². The Kier molecular flexibility index (Phi) is 6.51. The number of ketones is 1. The van der Waals surface area contributed by atoms with Gasteiger partial charge in [-0.2, -0.15) is 0 Å². The van der Waals surface area contributed by atoms with Crippen molar-refractivity contribution in [2.45, 2.75) is 76.2 Å². The number of aliphatic hydroxyl groups is 2. The largest absolute Gasteiger partial charge is 0.478 e. The van der Waals surface area contributed by atoms with Crippen LogP contribution in [0.4, 0.5) is 0 Å². The second-order valence-electron chi connectivity index (χ2n) is 13.3. The number of carbonyl (C=O) groups is 2. The number of aliphatic carboxylic acids is 1. The highest BCUT2D eigenvalue weighted by atomic mass is 16.4. The number of hydrogen-bond donors (Lipinski definition) is 5. The molecule has 39 heavy (non-hydrogen) atoms. The number of hydrogen-bond acceptors (Lipinski definition) is 6. The van der Waals surface area contributed by atoms with Crippen molar-refractivity contribution in [1.29, 1.82) is 0 Å². The fraction of sp³-hybridized carbons (Fsp3) is 0.767. The molecule has 4 saturated carbocycles. The van der Waals surface area contributed by atoms with Gasteiger partial charge in [0.15, 0.2) is 17.3 Å². The quantitative estimate of drug-likeness (QED) is 0.202. The molecule has 6 N–H and O–H groups in total. The van der Waals surface area contributed by atoms with Crippen molar-refractivity contribution in [3.05, 3.63) is 23.4 Å². The van der Waals surface area contributed by atoms with Crippen LogP contribution in [0.5, 0.6) is 0 Å². The smallest absolute Gasteiger partial charge is 0.334 e. The van der Waals surface area contributed by atoms with Gasteiger partial charge in [-0.05, 0) is 80.1 Å². The molecule has 0 aromatic heterocycles. The number of guanidine groups is 1. The summed E-state index contributed by atoms with van der Waals surface area (Å²) < 4.78 is 0. The van der Waals surface area contributed by atoms with E-state index in [-0.39, 0.29) is 54.0 Å². The van der Waals surface area contributed by atoms with E-state index in [0.717, 1.165) is 56.9 Å². The molecule has 0 aromatic rings. The average Bonchev–Trinajstić information content (AvgIpc) is 3.52. The van der Waals surface area contributed by atoms with Crippen LogP contribution in [0.25, 0.3) is 0 Å². The number of nitrogens with zero attached hydrogens (tertiary/aromatic N) is 2. The number of carbonyl (C=O) groups excluding carboxylic acids is 1. The summed E-state index contributed by atoms with van der Waals surface area (Å²) in [6.07, 6.45) is 13.2. The van der Waals surface area contributed by atoms with Crippen LogP contribution in [0.15, 0.2) is 28.4 Å². The first-order chi connectivity index (χ1) is 18.7. The summed E-state index contributed by atoms with van der Waals surface area (Å²) in [6, 6.07) is 0. The van der Waals surface area contributed by atoms with Crippen molar-refractivity contribution in [3.8, 4) is 0 Å². The molecule has 6 rings (SSSR count). The van der Waals surface area contributed by atoms with Crippen LogP contribution < -0.4 is 11.1 Å². The molecule has 4 fully saturated rings. The summed E-state index contributed by atoms with van der Waals surface area (Å²) in [6.45, 7) is 1.71. The molecule has 6 unspecified atom stereocenters. The van der Waals surface area contributed by atoms with Crippen molar-refractivity contribution in [2.24, 2.45) is 44.7 Å². The summed E-state index contributed by atoms with van der Waals surface area (Å²) in [7, 11) is 1.67. The van der Waals surface area contributed by atoms with Crippen LogP contribution >= 0.6 is 0 Å². The molecular formula is C30H44N4O5. The number of carboxylic acid groups (broad SMARTS) is 1. The summed E-state index contributed by atoms with van der Waals surface area (Å²) in [5.41, 5.74) is 4.07. The van der Waals surface area contributed by atoms with E-state index in [1.807, 2.05) is 11.1 Å². The van der Waals surface area contributed by atoms with Crippen LogP contribution in [-0.4, -0.2) is 76.8 Å². The van der Waals surface area contributed by atoms with Gasteiger partial charge in [0.2, 0.25) is 0 Å². The molecule has 0 amide bonds. The van der Waals surface area contributed by atoms with Crippen molar-refractivity contribution < 1.29 is 24.9 Å². The first-order valence-corrected chi connectivity index (χ1v) is 14.9. The van der Waals surface area contributed by atoms with Crippen molar-refractivity contribution in [1.82, 2.24) is 10.2 Å². The van der Waals surface area contributed by atoms with Gasteiger partial charge in [-0.3, -0.25) is 9.79 Å². The fourth-order valence-electron chi connectivity index (χ4n) is 10.5. The zero-order valence-corrected chi connectivity index (χ0v) is 23.1. The highest BCUT2D eigenvalue weighted by molar-refractivity contribution is 6.04. The first kappa shape index (κ1) is 27.0. The van der Waals surface area contributed by atoms with Crippen LogP contribution in [-0.2, 0) is 9.59 Å². The molecule has 1 aliphatic heterocycles. The van der Waals surface area contributed by atoms with Gasteiger partial charge in [-0.15, -0.1) is 0 Å². The molecule has 6 aliphatic rings. The molecule has 9 nitrogen and oxygen atoms in total. The first-order valence-electron chi connectivity index (χ1n) is 14.9. The molecular weight excluding hydrogens is 496 g/mol. The van der Waals surface area contributed by atoms with E-state index in [2.05, 4.69) is 16.4 Å². The van der Waals surface area contributed by atoms with E-state index in [1.165, 1.54) is 0 Å². The zero-order valence-electron chi connectivity index (χ0n) is 23.1. The lowest BCUT2D eigenvalue weighted by atomic mass is 9.45. The fourth-order valence-corrected chi connectivity index (χ4v) is 10.5. The molecule has 0 aromatic carbocycles. The Morgan fingerprint density at radius 3 is 2.64 bits per heavy atom. The van der Waals surface area contributed by atoms with Gasteiger partial charge in [0, 0.05) is 50.1 Å². The maximum Gasteiger partial charge on any atom is 0.334 e. The van der Waals surface area contributed by atoms with Gasteiger partial charge in [-0.25, -0.2) is 4.79 Å². The Hall–Kier alpha value is -2.23. The number of allylic oxidation sites excluding steroid dienone is 1. The van der Waals surface area contributed by atoms with E-state index in [1.54, 1.807) is 7.05 Å². The van der Waals surface area contributed by atoms with E-state index in [9.17, 15) is 24.9 Å². The molecule has 0 radical (unpaired) electrons. The molecule has 214 valence electrons. The molecule has 1 heterocycles. The summed E-state index contributed by atoms with van der Waals surface area (Å²) in [4.78, 5) is 33.4. The number of aliphatic imine (C=N–C) groups is 1. The van der Waals surface area contributed by atoms with Gasteiger partial charge in [0.25, 0.3) is 0 Å². The number of aliphatic hydroxyl groups excluding tert-OH is 1. The Labute approximate surface area is 230 Å². The normalized spacial score (nSPS) is 40.9. The minimum atomic E-state index is -1.96. The Morgan fingerprint density at radius 2 is 1.95 bits per heavy atom. The Bertz CT molecular complexity index is 1140. The third-order valence-corrected chi connectivity index (χ3v) is 12.0. The topological polar surface area (TPSA) is 148 Å². The third-order valence-electron chi connectivity index (χ3n) is 12.0. The van der Waals surface area contributed by atoms with Crippen LogP contribution in [0.1, 0.15) is 70.6 Å². The minimum absolute atomic E-state index is 0.0170. The van der Waals surface area contributed by atoms with E-state index in [0.29, 0.717) is 32.0 Å². The average molecular weight is 541 g/mol. The lowest BCUT2D eigenvalue weighted by molar-refractivity contribution is -0.149. The highest BCUT2D eigenvalue weighted by Crippen LogP contribution is 2.78. The Balaban J connectivity index is 1.57. The standard InChI is InChI=1S/C30H44N4O5/c1-32-26(31)34-12-7-21(16-33-11-13-35)29(18-34)20-5-4-19-6-10-27(8-2-3-9-27)15-23(36)30(39)17-28(19,29)22(14-20)24(30)25(37)38/h7,12,19-21,33,35,39H,2-6,8-11,13-18H2,1H3,(H2,31,32)(H,37,38). The lowest BCUT2D eigenvalue weighted by Crippen LogP contribution is -2.63. The van der Waals surface area contributed by atoms with E-state index in [4.69, 9.17) is 5.73 Å². The number of carboxylic acids is 1. The van der Waals surface area contributed by atoms with Gasteiger partial charge in [0.05, 0.1) is 12.2 Å². The van der Waals surface area contributed by atoms with E-state index < -0.39 is 22.4 Å². The SMILES string of the molecule is CN=C(N)N1C=CC(CNCCO)C2(C1)C1CCC3CCC4(CCCC4)CC(=O)C4(O)CC32C(=C4C(=O)O)C1. The second kappa shape index (κ2) is 9.42. The van der Waals surface area contributed by atoms with Gasteiger partial charge >= 0.3 is 5.97 Å². The second-order valence-corrected chi connectivity index (χ2v) is 13.3. The predicted octanol–water partition coefficient (Wildman–Crippen LogP) is 2.19. The lowest BCUT2D eigenvalue weighted by Gasteiger charge is -2.61. The monoisotopic (exact) mass is 540 g/mol. The zero-order chi connectivity index (χ0) is 27.6. The summed E-state index contributed by atoms with van der Waals surface area (Å²) >= 11 is 0. The summed E-state index contributed by atoms with van der Waals surface area (Å²) in [5.74, 6) is -0.600. The number of fused-ring (bicyclic) bond motifs is 1. The molecule has 3 spiro atoms. The Morgan fingerprint density at radius 1 is 1.21 bits per heavy atom. The summed E-state index contributed by atoms with van der Waals surface area (Å²) in [5, 5.41) is 35.9. The molecule has 5 aliphatic carbocycles. The minimum Gasteiger partial charge on any atom is -0.478 e. The molecule has 9 heteroatoms. The van der Waals surface area contributed by atoms with Crippen LogP contribution in [0.3, 0.4) is 0 Å². The predicted molar refractivity (Wildman–Crippen MR) is 147 cm³/mol. The van der Waals surface area contributed by atoms with Gasteiger partial charge in [0.1, 0.15) is 0 Å². The molecule has 6 atom stereocenters. The number of nitrogens with one attached hydrogen (secondary N) is 1. The molecule has 0 saturated heterocycles. The van der Waals surface area contributed by atoms with Crippen molar-refractivity contribution in [2.75, 3.05) is 33.3 Å².